The van der Waals surface area contributed by atoms with Gasteiger partial charge in [-0.15, -0.1) is 0 Å². The average Bonchev–Trinajstić information content (AvgIpc) is 2.38. The van der Waals surface area contributed by atoms with Crippen molar-refractivity contribution in [3.8, 4) is 5.75 Å². The van der Waals surface area contributed by atoms with Gasteiger partial charge < -0.3 is 4.74 Å². The molecule has 0 amide bonds. The summed E-state index contributed by atoms with van der Waals surface area (Å²) < 4.78 is 19.1. The molecule has 100 valence electrons. The molecule has 1 nitrogen and oxygen atoms in total. The van der Waals surface area contributed by atoms with Crippen molar-refractivity contribution in [1.29, 1.82) is 0 Å². The number of alkyl halides is 1. The lowest BCUT2D eigenvalue weighted by molar-refractivity contribution is 0.414. The first-order valence-corrected chi connectivity index (χ1v) is 7.05. The molecular formula is C16H16BrFO. The van der Waals surface area contributed by atoms with Crippen molar-refractivity contribution in [2.45, 2.75) is 18.2 Å². The fourth-order valence-corrected chi connectivity index (χ4v) is 2.75. The molecule has 0 heterocycles. The Balaban J connectivity index is 2.17. The molecule has 0 bridgehead atoms. The number of rotatable bonds is 4. The molecule has 0 fully saturated rings. The first-order chi connectivity index (χ1) is 9.10. The maximum Gasteiger partial charge on any atom is 0.127 e. The lowest BCUT2D eigenvalue weighted by Crippen LogP contribution is -1.99. The quantitative estimate of drug-likeness (QED) is 0.733. The fourth-order valence-electron chi connectivity index (χ4n) is 2.00. The predicted octanol–water partition coefficient (Wildman–Crippen LogP) is 4.82. The summed E-state index contributed by atoms with van der Waals surface area (Å²) in [6.45, 7) is 1.89. The van der Waals surface area contributed by atoms with Crippen LogP contribution in [-0.2, 0) is 6.42 Å². The van der Waals surface area contributed by atoms with Crippen LogP contribution < -0.4 is 4.74 Å². The molecule has 2 rings (SSSR count). The Morgan fingerprint density at radius 2 is 2.00 bits per heavy atom. The second kappa shape index (κ2) is 6.20. The Morgan fingerprint density at radius 3 is 2.68 bits per heavy atom. The van der Waals surface area contributed by atoms with E-state index < -0.39 is 0 Å². The second-order valence-electron chi connectivity index (χ2n) is 4.55. The third-order valence-corrected chi connectivity index (χ3v) is 3.86. The summed E-state index contributed by atoms with van der Waals surface area (Å²) in [5, 5.41) is 0. The molecule has 0 radical (unpaired) electrons. The minimum atomic E-state index is -0.162. The van der Waals surface area contributed by atoms with Crippen molar-refractivity contribution in [3.63, 3.8) is 0 Å². The van der Waals surface area contributed by atoms with Crippen LogP contribution in [-0.4, -0.2) is 7.11 Å². The van der Waals surface area contributed by atoms with Gasteiger partial charge in [-0.1, -0.05) is 40.2 Å². The maximum absolute atomic E-state index is 13.9. The van der Waals surface area contributed by atoms with E-state index in [2.05, 4.69) is 15.9 Å². The smallest absolute Gasteiger partial charge is 0.127 e. The summed E-state index contributed by atoms with van der Waals surface area (Å²) in [6, 6.07) is 13.2. The van der Waals surface area contributed by atoms with E-state index in [-0.39, 0.29) is 10.6 Å². The van der Waals surface area contributed by atoms with E-state index in [4.69, 9.17) is 4.74 Å². The number of methoxy groups -OCH3 is 1. The van der Waals surface area contributed by atoms with Crippen LogP contribution in [0.25, 0.3) is 0 Å². The number of aryl methyl sites for hydroxylation is 1. The van der Waals surface area contributed by atoms with E-state index in [1.165, 1.54) is 0 Å². The first-order valence-electron chi connectivity index (χ1n) is 6.13. The van der Waals surface area contributed by atoms with E-state index in [1.807, 2.05) is 43.3 Å². The molecular weight excluding hydrogens is 307 g/mol. The van der Waals surface area contributed by atoms with Crippen LogP contribution in [0.15, 0.2) is 42.5 Å². The van der Waals surface area contributed by atoms with Gasteiger partial charge in [0.15, 0.2) is 0 Å². The van der Waals surface area contributed by atoms with Crippen molar-refractivity contribution >= 4 is 15.9 Å². The molecule has 0 N–H and O–H groups in total. The molecule has 2 aromatic carbocycles. The van der Waals surface area contributed by atoms with Crippen LogP contribution in [0.3, 0.4) is 0 Å². The normalized spacial score (nSPS) is 12.2. The van der Waals surface area contributed by atoms with Gasteiger partial charge >= 0.3 is 0 Å². The SMILES string of the molecule is COc1cccc(CC(Br)c2ccc(C)cc2F)c1. The van der Waals surface area contributed by atoms with Crippen LogP contribution in [0.4, 0.5) is 4.39 Å². The van der Waals surface area contributed by atoms with E-state index in [0.717, 1.165) is 23.3 Å². The van der Waals surface area contributed by atoms with Gasteiger partial charge in [-0.05, 0) is 42.7 Å². The van der Waals surface area contributed by atoms with Crippen molar-refractivity contribution in [2.75, 3.05) is 7.11 Å². The van der Waals surface area contributed by atoms with Crippen molar-refractivity contribution in [1.82, 2.24) is 0 Å². The van der Waals surface area contributed by atoms with Gasteiger partial charge in [0.25, 0.3) is 0 Å². The Hall–Kier alpha value is -1.35. The zero-order valence-corrected chi connectivity index (χ0v) is 12.6. The van der Waals surface area contributed by atoms with E-state index in [1.54, 1.807) is 13.2 Å². The number of ether oxygens (including phenoxy) is 1. The summed E-state index contributed by atoms with van der Waals surface area (Å²) in [5.74, 6) is 0.659. The Kier molecular flexibility index (Phi) is 4.59. The topological polar surface area (TPSA) is 9.23 Å². The highest BCUT2D eigenvalue weighted by molar-refractivity contribution is 9.09. The zero-order valence-electron chi connectivity index (χ0n) is 11.0. The fraction of sp³-hybridized carbons (Fsp3) is 0.250. The van der Waals surface area contributed by atoms with Gasteiger partial charge in [0.05, 0.1) is 7.11 Å². The minimum Gasteiger partial charge on any atom is -0.497 e. The average molecular weight is 323 g/mol. The summed E-state index contributed by atoms with van der Waals surface area (Å²) in [7, 11) is 1.64. The number of hydrogen-bond acceptors (Lipinski definition) is 1. The zero-order chi connectivity index (χ0) is 13.8. The standard InChI is InChI=1S/C16H16BrFO/c1-11-6-7-14(16(18)8-11)15(17)10-12-4-3-5-13(9-12)19-2/h3-9,15H,10H2,1-2H3. The molecule has 1 unspecified atom stereocenters. The molecule has 19 heavy (non-hydrogen) atoms. The number of halogens is 2. The molecule has 0 saturated carbocycles. The monoisotopic (exact) mass is 322 g/mol. The predicted molar refractivity (Wildman–Crippen MR) is 79.5 cm³/mol. The Labute approximate surface area is 121 Å². The van der Waals surface area contributed by atoms with Gasteiger partial charge in [0, 0.05) is 10.4 Å². The van der Waals surface area contributed by atoms with Gasteiger partial charge in [-0.3, -0.25) is 0 Å². The summed E-state index contributed by atoms with van der Waals surface area (Å²) in [5.41, 5.74) is 2.73. The van der Waals surface area contributed by atoms with E-state index in [0.29, 0.717) is 5.56 Å². The third-order valence-electron chi connectivity index (χ3n) is 3.04. The van der Waals surface area contributed by atoms with Crippen LogP contribution >= 0.6 is 15.9 Å². The molecule has 0 aliphatic heterocycles. The summed E-state index contributed by atoms with van der Waals surface area (Å²) in [4.78, 5) is -0.0415. The van der Waals surface area contributed by atoms with Gasteiger partial charge in [0.1, 0.15) is 11.6 Å². The van der Waals surface area contributed by atoms with Gasteiger partial charge in [-0.2, -0.15) is 0 Å². The first kappa shape index (κ1) is 14.1. The highest BCUT2D eigenvalue weighted by atomic mass is 79.9. The number of hydrogen-bond donors (Lipinski definition) is 0. The third kappa shape index (κ3) is 3.57. The Morgan fingerprint density at radius 1 is 1.21 bits per heavy atom. The van der Waals surface area contributed by atoms with Gasteiger partial charge in [-0.25, -0.2) is 4.39 Å². The van der Waals surface area contributed by atoms with E-state index >= 15 is 0 Å². The molecule has 0 saturated heterocycles. The maximum atomic E-state index is 13.9. The lowest BCUT2D eigenvalue weighted by atomic mass is 10.0. The van der Waals surface area contributed by atoms with Crippen LogP contribution in [0, 0.1) is 12.7 Å². The number of benzene rings is 2. The largest absolute Gasteiger partial charge is 0.497 e. The van der Waals surface area contributed by atoms with Crippen LogP contribution in [0.1, 0.15) is 21.5 Å². The molecule has 0 aromatic heterocycles. The van der Waals surface area contributed by atoms with Crippen molar-refractivity contribution in [2.24, 2.45) is 0 Å². The van der Waals surface area contributed by atoms with Crippen LogP contribution in [0.2, 0.25) is 0 Å². The molecule has 3 heteroatoms. The van der Waals surface area contributed by atoms with Crippen molar-refractivity contribution in [3.05, 3.63) is 65.0 Å². The minimum absolute atomic E-state index is 0.0415. The van der Waals surface area contributed by atoms with Gasteiger partial charge in [0.2, 0.25) is 0 Å². The van der Waals surface area contributed by atoms with E-state index in [9.17, 15) is 4.39 Å². The Bertz CT molecular complexity index is 568. The second-order valence-corrected chi connectivity index (χ2v) is 5.65. The highest BCUT2D eigenvalue weighted by Gasteiger charge is 2.13. The van der Waals surface area contributed by atoms with Crippen LogP contribution in [0.5, 0.6) is 5.75 Å². The van der Waals surface area contributed by atoms with Crippen molar-refractivity contribution < 1.29 is 9.13 Å². The molecule has 0 aliphatic carbocycles. The summed E-state index contributed by atoms with van der Waals surface area (Å²) in [6.07, 6.45) is 0.719. The molecule has 2 aromatic rings. The highest BCUT2D eigenvalue weighted by Crippen LogP contribution is 2.30. The summed E-state index contributed by atoms with van der Waals surface area (Å²) >= 11 is 3.56. The lowest BCUT2D eigenvalue weighted by Gasteiger charge is -2.12. The molecule has 1 atom stereocenters. The molecule has 0 spiro atoms. The molecule has 0 aliphatic rings.